The second kappa shape index (κ2) is 5.33. The molecule has 4 nitrogen and oxygen atoms in total. The highest BCUT2D eigenvalue weighted by Crippen LogP contribution is 2.19. The van der Waals surface area contributed by atoms with Crippen LogP contribution in [-0.2, 0) is 18.3 Å². The molecule has 2 rings (SSSR count). The van der Waals surface area contributed by atoms with Crippen molar-refractivity contribution in [3.8, 4) is 0 Å². The SMILES string of the molecule is Cn1cc(C(N)C(=O)Cc2ccccc2Cl)cn1. The third-order valence-corrected chi connectivity index (χ3v) is 3.12. The summed E-state index contributed by atoms with van der Waals surface area (Å²) in [5.41, 5.74) is 7.42. The second-order valence-electron chi connectivity index (χ2n) is 4.16. The zero-order valence-electron chi connectivity index (χ0n) is 10.0. The number of benzene rings is 1. The Morgan fingerprint density at radius 2 is 2.22 bits per heavy atom. The van der Waals surface area contributed by atoms with Gasteiger partial charge in [0, 0.05) is 30.3 Å². The maximum Gasteiger partial charge on any atom is 0.158 e. The summed E-state index contributed by atoms with van der Waals surface area (Å²) in [6, 6.07) is 6.62. The molecule has 1 unspecified atom stereocenters. The van der Waals surface area contributed by atoms with Crippen LogP contribution in [0.3, 0.4) is 0 Å². The van der Waals surface area contributed by atoms with E-state index in [0.29, 0.717) is 5.02 Å². The number of ketones is 1. The Bertz CT molecular complexity index is 565. The summed E-state index contributed by atoms with van der Waals surface area (Å²) < 4.78 is 1.62. The maximum absolute atomic E-state index is 12.1. The van der Waals surface area contributed by atoms with Gasteiger partial charge in [0.25, 0.3) is 0 Å². The molecule has 0 spiro atoms. The van der Waals surface area contributed by atoms with Gasteiger partial charge in [-0.3, -0.25) is 9.48 Å². The molecule has 0 saturated heterocycles. The number of rotatable bonds is 4. The lowest BCUT2D eigenvalue weighted by Gasteiger charge is -2.09. The monoisotopic (exact) mass is 263 g/mol. The van der Waals surface area contributed by atoms with Crippen LogP contribution < -0.4 is 5.73 Å². The normalized spacial score (nSPS) is 12.4. The quantitative estimate of drug-likeness (QED) is 0.916. The lowest BCUT2D eigenvalue weighted by atomic mass is 10.0. The van der Waals surface area contributed by atoms with Gasteiger partial charge < -0.3 is 5.73 Å². The third kappa shape index (κ3) is 2.78. The van der Waals surface area contributed by atoms with Gasteiger partial charge in [0.1, 0.15) is 0 Å². The van der Waals surface area contributed by atoms with Gasteiger partial charge in [-0.1, -0.05) is 29.8 Å². The fourth-order valence-corrected chi connectivity index (χ4v) is 1.93. The van der Waals surface area contributed by atoms with Gasteiger partial charge in [-0.2, -0.15) is 5.10 Å². The number of halogens is 1. The third-order valence-electron chi connectivity index (χ3n) is 2.75. The summed E-state index contributed by atoms with van der Waals surface area (Å²) in [5, 5.41) is 4.59. The minimum Gasteiger partial charge on any atom is -0.318 e. The Labute approximate surface area is 110 Å². The average Bonchev–Trinajstić information content (AvgIpc) is 2.78. The summed E-state index contributed by atoms with van der Waals surface area (Å²) in [5.74, 6) is -0.0731. The van der Waals surface area contributed by atoms with Crippen molar-refractivity contribution in [2.75, 3.05) is 0 Å². The molecule has 2 aromatic rings. The van der Waals surface area contributed by atoms with Gasteiger partial charge in [0.05, 0.1) is 12.2 Å². The molecule has 0 aliphatic carbocycles. The number of nitrogens with two attached hydrogens (primary N) is 1. The molecule has 0 bridgehead atoms. The summed E-state index contributed by atoms with van der Waals surface area (Å²) in [4.78, 5) is 12.1. The Morgan fingerprint density at radius 3 is 2.83 bits per heavy atom. The summed E-state index contributed by atoms with van der Waals surface area (Å²) >= 11 is 6.01. The van der Waals surface area contributed by atoms with E-state index in [1.807, 2.05) is 18.2 Å². The van der Waals surface area contributed by atoms with Crippen molar-refractivity contribution in [2.24, 2.45) is 12.8 Å². The topological polar surface area (TPSA) is 60.9 Å². The minimum absolute atomic E-state index is 0.0731. The van der Waals surface area contributed by atoms with Crippen LogP contribution >= 0.6 is 11.6 Å². The van der Waals surface area contributed by atoms with Crippen molar-refractivity contribution in [1.29, 1.82) is 0 Å². The molecule has 1 heterocycles. The Hall–Kier alpha value is -1.65. The van der Waals surface area contributed by atoms with Gasteiger partial charge in [-0.05, 0) is 11.6 Å². The van der Waals surface area contributed by atoms with Crippen LogP contribution in [0.5, 0.6) is 0 Å². The van der Waals surface area contributed by atoms with E-state index in [-0.39, 0.29) is 12.2 Å². The number of hydrogen-bond acceptors (Lipinski definition) is 3. The molecule has 5 heteroatoms. The molecule has 18 heavy (non-hydrogen) atoms. The van der Waals surface area contributed by atoms with Crippen LogP contribution in [0.15, 0.2) is 36.7 Å². The van der Waals surface area contributed by atoms with Gasteiger partial charge in [0.2, 0.25) is 0 Å². The Kier molecular flexibility index (Phi) is 3.79. The highest BCUT2D eigenvalue weighted by Gasteiger charge is 2.18. The first-order valence-electron chi connectivity index (χ1n) is 5.58. The molecule has 94 valence electrons. The van der Waals surface area contributed by atoms with Crippen molar-refractivity contribution >= 4 is 17.4 Å². The molecule has 0 saturated carbocycles. The predicted octanol–water partition coefficient (Wildman–Crippen LogP) is 1.89. The molecule has 1 aromatic heterocycles. The zero-order valence-corrected chi connectivity index (χ0v) is 10.8. The van der Waals surface area contributed by atoms with Crippen LogP contribution in [0.25, 0.3) is 0 Å². The van der Waals surface area contributed by atoms with E-state index in [9.17, 15) is 4.79 Å². The molecule has 1 aromatic carbocycles. The van der Waals surface area contributed by atoms with Crippen LogP contribution in [0.1, 0.15) is 17.2 Å². The number of aromatic nitrogens is 2. The van der Waals surface area contributed by atoms with Crippen molar-refractivity contribution in [1.82, 2.24) is 9.78 Å². The number of carbonyl (C=O) groups excluding carboxylic acids is 1. The Balaban J connectivity index is 2.11. The van der Waals surface area contributed by atoms with E-state index in [2.05, 4.69) is 5.10 Å². The zero-order chi connectivity index (χ0) is 13.1. The number of carbonyl (C=O) groups is 1. The average molecular weight is 264 g/mol. The maximum atomic E-state index is 12.1. The van der Waals surface area contributed by atoms with Gasteiger partial charge in [0.15, 0.2) is 5.78 Å². The van der Waals surface area contributed by atoms with Crippen molar-refractivity contribution < 1.29 is 4.79 Å². The molecular formula is C13H14ClN3O. The predicted molar refractivity (Wildman–Crippen MR) is 70.3 cm³/mol. The standard InChI is InChI=1S/C13H14ClN3O/c1-17-8-10(7-16-17)13(15)12(18)6-9-4-2-3-5-11(9)14/h2-5,7-8,13H,6,15H2,1H3. The number of aryl methyl sites for hydroxylation is 1. The molecule has 0 aliphatic rings. The van der Waals surface area contributed by atoms with Crippen molar-refractivity contribution in [3.63, 3.8) is 0 Å². The van der Waals surface area contributed by atoms with Crippen LogP contribution in [0.2, 0.25) is 5.02 Å². The molecule has 0 fully saturated rings. The number of hydrogen-bond donors (Lipinski definition) is 1. The molecule has 2 N–H and O–H groups in total. The Morgan fingerprint density at radius 1 is 1.50 bits per heavy atom. The second-order valence-corrected chi connectivity index (χ2v) is 4.57. The highest BCUT2D eigenvalue weighted by molar-refractivity contribution is 6.31. The van der Waals surface area contributed by atoms with Gasteiger partial charge >= 0.3 is 0 Å². The smallest absolute Gasteiger partial charge is 0.158 e. The van der Waals surface area contributed by atoms with E-state index in [4.69, 9.17) is 17.3 Å². The van der Waals surface area contributed by atoms with Crippen LogP contribution in [0, 0.1) is 0 Å². The molecule has 0 aliphatic heterocycles. The first kappa shape index (κ1) is 12.8. The van der Waals surface area contributed by atoms with E-state index in [1.165, 1.54) is 0 Å². The number of nitrogens with zero attached hydrogens (tertiary/aromatic N) is 2. The van der Waals surface area contributed by atoms with Crippen molar-refractivity contribution in [3.05, 3.63) is 52.8 Å². The molecule has 0 amide bonds. The first-order valence-corrected chi connectivity index (χ1v) is 5.96. The minimum atomic E-state index is -0.657. The lowest BCUT2D eigenvalue weighted by molar-refractivity contribution is -0.119. The van der Waals surface area contributed by atoms with Crippen LogP contribution in [0.4, 0.5) is 0 Å². The van der Waals surface area contributed by atoms with Crippen LogP contribution in [-0.4, -0.2) is 15.6 Å². The largest absolute Gasteiger partial charge is 0.318 e. The summed E-state index contributed by atoms with van der Waals surface area (Å²) in [6.07, 6.45) is 3.58. The summed E-state index contributed by atoms with van der Waals surface area (Å²) in [6.45, 7) is 0. The molecular weight excluding hydrogens is 250 g/mol. The van der Waals surface area contributed by atoms with E-state index >= 15 is 0 Å². The fourth-order valence-electron chi connectivity index (χ4n) is 1.73. The van der Waals surface area contributed by atoms with E-state index in [1.54, 1.807) is 30.2 Å². The highest BCUT2D eigenvalue weighted by atomic mass is 35.5. The van der Waals surface area contributed by atoms with E-state index < -0.39 is 6.04 Å². The van der Waals surface area contributed by atoms with Gasteiger partial charge in [-0.15, -0.1) is 0 Å². The van der Waals surface area contributed by atoms with E-state index in [0.717, 1.165) is 11.1 Å². The fraction of sp³-hybridized carbons (Fsp3) is 0.231. The number of Topliss-reactive ketones (excluding diaryl/α,β-unsaturated/α-hetero) is 1. The molecule has 0 radical (unpaired) electrons. The van der Waals surface area contributed by atoms with Gasteiger partial charge in [-0.25, -0.2) is 0 Å². The lowest BCUT2D eigenvalue weighted by Crippen LogP contribution is -2.22. The summed E-state index contributed by atoms with van der Waals surface area (Å²) in [7, 11) is 1.79. The first-order chi connectivity index (χ1) is 8.58. The molecule has 1 atom stereocenters. The van der Waals surface area contributed by atoms with Crippen molar-refractivity contribution in [2.45, 2.75) is 12.5 Å².